The lowest BCUT2D eigenvalue weighted by Crippen LogP contribution is -2.51. The number of hydrogen-bond acceptors (Lipinski definition) is 5. The Hall–Kier alpha value is -1.15. The normalized spacial score (nSPS) is 28.2. The van der Waals surface area contributed by atoms with Gasteiger partial charge in [-0.3, -0.25) is 0 Å². The SMILES string of the molecule is CC1(C)Oc2ccc(S(=O)(=O)N3CCCC3)cc2[C@@H](N)[C@@H]1O. The Kier molecular flexibility index (Phi) is 3.71. The first-order valence-electron chi connectivity index (χ1n) is 7.50. The van der Waals surface area contributed by atoms with Gasteiger partial charge in [-0.1, -0.05) is 0 Å². The van der Waals surface area contributed by atoms with E-state index in [1.54, 1.807) is 26.0 Å². The van der Waals surface area contributed by atoms with Crippen molar-refractivity contribution in [1.29, 1.82) is 0 Å². The van der Waals surface area contributed by atoms with Crippen LogP contribution in [0.2, 0.25) is 0 Å². The molecule has 0 bridgehead atoms. The third kappa shape index (κ3) is 2.42. The molecule has 0 aromatic heterocycles. The average Bonchev–Trinajstić information content (AvgIpc) is 2.99. The molecule has 122 valence electrons. The van der Waals surface area contributed by atoms with Gasteiger partial charge in [-0.05, 0) is 44.9 Å². The third-order valence-electron chi connectivity index (χ3n) is 4.47. The zero-order valence-electron chi connectivity index (χ0n) is 12.8. The molecule has 22 heavy (non-hydrogen) atoms. The quantitative estimate of drug-likeness (QED) is 0.846. The minimum atomic E-state index is -3.50. The number of nitrogens with two attached hydrogens (primary N) is 1. The maximum Gasteiger partial charge on any atom is 0.243 e. The molecule has 2 aliphatic heterocycles. The maximum atomic E-state index is 12.6. The average molecular weight is 326 g/mol. The Morgan fingerprint density at radius 3 is 2.59 bits per heavy atom. The van der Waals surface area contributed by atoms with E-state index in [1.807, 2.05) is 0 Å². The lowest BCUT2D eigenvalue weighted by atomic mass is 9.87. The largest absolute Gasteiger partial charge is 0.485 e. The first-order chi connectivity index (χ1) is 10.2. The molecule has 0 radical (unpaired) electrons. The van der Waals surface area contributed by atoms with Crippen LogP contribution in [-0.4, -0.2) is 42.6 Å². The highest BCUT2D eigenvalue weighted by atomic mass is 32.2. The van der Waals surface area contributed by atoms with Gasteiger partial charge >= 0.3 is 0 Å². The number of aliphatic hydroxyl groups excluding tert-OH is 1. The molecule has 0 unspecified atom stereocenters. The van der Waals surface area contributed by atoms with Crippen LogP contribution in [0.5, 0.6) is 5.75 Å². The molecule has 1 fully saturated rings. The van der Waals surface area contributed by atoms with Crippen LogP contribution in [0.3, 0.4) is 0 Å². The van der Waals surface area contributed by atoms with Gasteiger partial charge in [0.05, 0.1) is 10.9 Å². The number of hydrogen-bond donors (Lipinski definition) is 2. The summed E-state index contributed by atoms with van der Waals surface area (Å²) in [6.45, 7) is 4.62. The Morgan fingerprint density at radius 1 is 1.32 bits per heavy atom. The zero-order chi connectivity index (χ0) is 16.1. The van der Waals surface area contributed by atoms with Crippen molar-refractivity contribution in [2.75, 3.05) is 13.1 Å². The second-order valence-corrected chi connectivity index (χ2v) is 8.42. The van der Waals surface area contributed by atoms with E-state index in [4.69, 9.17) is 10.5 Å². The molecule has 1 aromatic rings. The van der Waals surface area contributed by atoms with Gasteiger partial charge in [-0.2, -0.15) is 4.31 Å². The summed E-state index contributed by atoms with van der Waals surface area (Å²) in [5.74, 6) is 0.531. The summed E-state index contributed by atoms with van der Waals surface area (Å²) in [6, 6.07) is 4.04. The van der Waals surface area contributed by atoms with Gasteiger partial charge < -0.3 is 15.6 Å². The van der Waals surface area contributed by atoms with Gasteiger partial charge in [0.2, 0.25) is 10.0 Å². The van der Waals surface area contributed by atoms with Gasteiger partial charge in [0.25, 0.3) is 0 Å². The van der Waals surface area contributed by atoms with Crippen molar-refractivity contribution in [2.45, 2.75) is 49.3 Å². The molecule has 6 nitrogen and oxygen atoms in total. The number of nitrogens with zero attached hydrogens (tertiary/aromatic N) is 1. The molecule has 2 aliphatic rings. The molecular weight excluding hydrogens is 304 g/mol. The van der Waals surface area contributed by atoms with Crippen LogP contribution < -0.4 is 10.5 Å². The van der Waals surface area contributed by atoms with Gasteiger partial charge in [-0.15, -0.1) is 0 Å². The molecule has 0 spiro atoms. The van der Waals surface area contributed by atoms with Crippen molar-refractivity contribution in [1.82, 2.24) is 4.31 Å². The molecule has 7 heteroatoms. The summed E-state index contributed by atoms with van der Waals surface area (Å²) in [7, 11) is -3.50. The summed E-state index contributed by atoms with van der Waals surface area (Å²) in [4.78, 5) is 0.208. The van der Waals surface area contributed by atoms with Crippen LogP contribution in [0, 0.1) is 0 Å². The van der Waals surface area contributed by atoms with E-state index >= 15 is 0 Å². The smallest absolute Gasteiger partial charge is 0.243 e. The van der Waals surface area contributed by atoms with Gasteiger partial charge in [0.1, 0.15) is 17.5 Å². The number of sulfonamides is 1. The summed E-state index contributed by atoms with van der Waals surface area (Å²) in [6.07, 6.45) is 0.879. The van der Waals surface area contributed by atoms with Gasteiger partial charge in [-0.25, -0.2) is 8.42 Å². The summed E-state index contributed by atoms with van der Waals surface area (Å²) < 4.78 is 32.5. The van der Waals surface area contributed by atoms with Crippen molar-refractivity contribution in [2.24, 2.45) is 5.73 Å². The maximum absolute atomic E-state index is 12.6. The van der Waals surface area contributed by atoms with E-state index < -0.39 is 27.8 Å². The van der Waals surface area contributed by atoms with E-state index in [0.717, 1.165) is 12.8 Å². The van der Waals surface area contributed by atoms with Gasteiger partial charge in [0, 0.05) is 18.7 Å². The minimum absolute atomic E-state index is 0.208. The molecule has 1 aromatic carbocycles. The molecule has 1 saturated heterocycles. The molecular formula is C15H22N2O4S. The first-order valence-corrected chi connectivity index (χ1v) is 8.94. The fraction of sp³-hybridized carbons (Fsp3) is 0.600. The van der Waals surface area contributed by atoms with Crippen molar-refractivity contribution in [3.8, 4) is 5.75 Å². The topological polar surface area (TPSA) is 92.9 Å². The summed E-state index contributed by atoms with van der Waals surface area (Å²) in [5, 5.41) is 10.2. The predicted octanol–water partition coefficient (Wildman–Crippen LogP) is 1.00. The first kappa shape index (κ1) is 15.7. The van der Waals surface area contributed by atoms with Crippen LogP contribution in [0.15, 0.2) is 23.1 Å². The second kappa shape index (κ2) is 5.19. The molecule has 3 rings (SSSR count). The highest BCUT2D eigenvalue weighted by molar-refractivity contribution is 7.89. The lowest BCUT2D eigenvalue weighted by Gasteiger charge is -2.40. The molecule has 2 atom stereocenters. The van der Waals surface area contributed by atoms with Crippen LogP contribution in [0.4, 0.5) is 0 Å². The number of rotatable bonds is 2. The van der Waals surface area contributed by atoms with Crippen LogP contribution in [0.1, 0.15) is 38.3 Å². The highest BCUT2D eigenvalue weighted by Crippen LogP contribution is 2.40. The second-order valence-electron chi connectivity index (χ2n) is 6.49. The van der Waals surface area contributed by atoms with E-state index in [0.29, 0.717) is 24.4 Å². The lowest BCUT2D eigenvalue weighted by molar-refractivity contribution is -0.0572. The number of fused-ring (bicyclic) bond motifs is 1. The van der Waals surface area contributed by atoms with Crippen molar-refractivity contribution in [3.63, 3.8) is 0 Å². The molecule has 0 amide bonds. The Labute approximate surface area is 130 Å². The van der Waals surface area contributed by atoms with E-state index in [2.05, 4.69) is 0 Å². The van der Waals surface area contributed by atoms with Crippen LogP contribution >= 0.6 is 0 Å². The minimum Gasteiger partial charge on any atom is -0.485 e. The Morgan fingerprint density at radius 2 is 1.95 bits per heavy atom. The molecule has 2 heterocycles. The fourth-order valence-corrected chi connectivity index (χ4v) is 4.62. The number of aliphatic hydroxyl groups is 1. The summed E-state index contributed by atoms with van der Waals surface area (Å²) in [5.41, 5.74) is 5.82. The molecule has 0 aliphatic carbocycles. The zero-order valence-corrected chi connectivity index (χ0v) is 13.6. The summed E-state index contributed by atoms with van der Waals surface area (Å²) >= 11 is 0. The fourth-order valence-electron chi connectivity index (χ4n) is 3.06. The Bertz CT molecular complexity index is 681. The van der Waals surface area contributed by atoms with Crippen molar-refractivity contribution in [3.05, 3.63) is 23.8 Å². The molecule has 3 N–H and O–H groups in total. The van der Waals surface area contributed by atoms with Gasteiger partial charge in [0.15, 0.2) is 0 Å². The van der Waals surface area contributed by atoms with Crippen LogP contribution in [-0.2, 0) is 10.0 Å². The predicted molar refractivity (Wildman–Crippen MR) is 82.1 cm³/mol. The van der Waals surface area contributed by atoms with Crippen molar-refractivity contribution >= 4 is 10.0 Å². The van der Waals surface area contributed by atoms with Crippen molar-refractivity contribution < 1.29 is 18.3 Å². The third-order valence-corrected chi connectivity index (χ3v) is 6.36. The number of benzene rings is 1. The van der Waals surface area contributed by atoms with E-state index in [-0.39, 0.29) is 4.90 Å². The van der Waals surface area contributed by atoms with E-state index in [9.17, 15) is 13.5 Å². The monoisotopic (exact) mass is 326 g/mol. The number of ether oxygens (including phenoxy) is 1. The highest BCUT2D eigenvalue weighted by Gasteiger charge is 2.41. The van der Waals surface area contributed by atoms with Crippen LogP contribution in [0.25, 0.3) is 0 Å². The van der Waals surface area contributed by atoms with E-state index in [1.165, 1.54) is 10.4 Å². The Balaban J connectivity index is 2.01. The molecule has 0 saturated carbocycles. The standard InChI is InChI=1S/C15H22N2O4S/c1-15(2)14(18)13(16)11-9-10(5-6-12(11)21-15)22(19,20)17-7-3-4-8-17/h5-6,9,13-14,18H,3-4,7-8,16H2,1-2H3/t13-,14+/m1/s1.